The standard InChI is InChI=1S/C17H25N3O3/c1-12(16(21)19-17(18)22)20-9-7-14(8-10-20)11-13-3-5-15(23-2)6-4-13/h3-6,12,14H,7-11H2,1-2H3,(H3,18,19,21,22)/t12-/m1/s1. The maximum atomic E-state index is 11.8. The number of hydrogen-bond donors (Lipinski definition) is 2. The van der Waals surface area contributed by atoms with Crippen LogP contribution in [0.1, 0.15) is 25.3 Å². The molecule has 0 spiro atoms. The molecule has 1 atom stereocenters. The number of rotatable bonds is 5. The van der Waals surface area contributed by atoms with E-state index in [1.807, 2.05) is 19.1 Å². The summed E-state index contributed by atoms with van der Waals surface area (Å²) in [6.45, 7) is 3.52. The van der Waals surface area contributed by atoms with Crippen molar-refractivity contribution in [2.45, 2.75) is 32.2 Å². The largest absolute Gasteiger partial charge is 0.497 e. The molecular weight excluding hydrogens is 294 g/mol. The second kappa shape index (κ2) is 7.97. The highest BCUT2D eigenvalue weighted by Crippen LogP contribution is 2.24. The fourth-order valence-corrected chi connectivity index (χ4v) is 3.03. The number of piperidine rings is 1. The van der Waals surface area contributed by atoms with Crippen molar-refractivity contribution in [2.24, 2.45) is 11.7 Å². The SMILES string of the molecule is COc1ccc(CC2CCN([C@H](C)C(=O)NC(N)=O)CC2)cc1. The van der Waals surface area contributed by atoms with Gasteiger partial charge in [-0.1, -0.05) is 12.1 Å². The molecule has 1 aromatic rings. The van der Waals surface area contributed by atoms with E-state index in [0.29, 0.717) is 5.92 Å². The molecule has 1 saturated heterocycles. The molecule has 3 amide bonds. The summed E-state index contributed by atoms with van der Waals surface area (Å²) in [5.41, 5.74) is 6.30. The smallest absolute Gasteiger partial charge is 0.318 e. The number of likely N-dealkylation sites (tertiary alicyclic amines) is 1. The molecule has 0 unspecified atom stereocenters. The average Bonchev–Trinajstić information content (AvgIpc) is 2.55. The van der Waals surface area contributed by atoms with Crippen LogP contribution in [-0.2, 0) is 11.2 Å². The summed E-state index contributed by atoms with van der Waals surface area (Å²) in [7, 11) is 1.67. The Balaban J connectivity index is 1.81. The van der Waals surface area contributed by atoms with Crippen LogP contribution in [0.3, 0.4) is 0 Å². The predicted octanol–water partition coefficient (Wildman–Crippen LogP) is 1.53. The minimum atomic E-state index is -0.795. The van der Waals surface area contributed by atoms with Gasteiger partial charge < -0.3 is 10.5 Å². The van der Waals surface area contributed by atoms with E-state index < -0.39 is 6.03 Å². The van der Waals surface area contributed by atoms with E-state index in [9.17, 15) is 9.59 Å². The van der Waals surface area contributed by atoms with E-state index in [0.717, 1.165) is 38.1 Å². The van der Waals surface area contributed by atoms with Gasteiger partial charge in [0.2, 0.25) is 5.91 Å². The van der Waals surface area contributed by atoms with Gasteiger partial charge in [0.15, 0.2) is 0 Å². The molecule has 0 aliphatic carbocycles. The first-order valence-corrected chi connectivity index (χ1v) is 7.97. The van der Waals surface area contributed by atoms with Crippen molar-refractivity contribution >= 4 is 11.9 Å². The minimum Gasteiger partial charge on any atom is -0.497 e. The number of methoxy groups -OCH3 is 1. The van der Waals surface area contributed by atoms with E-state index in [1.54, 1.807) is 7.11 Å². The number of carbonyl (C=O) groups excluding carboxylic acids is 2. The lowest BCUT2D eigenvalue weighted by atomic mass is 9.89. The molecule has 1 heterocycles. The first-order chi connectivity index (χ1) is 11.0. The number of nitrogens with one attached hydrogen (secondary N) is 1. The summed E-state index contributed by atoms with van der Waals surface area (Å²) >= 11 is 0. The minimum absolute atomic E-state index is 0.328. The van der Waals surface area contributed by atoms with Crippen LogP contribution >= 0.6 is 0 Å². The molecule has 6 heteroatoms. The zero-order valence-corrected chi connectivity index (χ0v) is 13.7. The number of hydrogen-bond acceptors (Lipinski definition) is 4. The van der Waals surface area contributed by atoms with Crippen LogP contribution in [0, 0.1) is 5.92 Å². The van der Waals surface area contributed by atoms with Gasteiger partial charge in [0.25, 0.3) is 0 Å². The quantitative estimate of drug-likeness (QED) is 0.862. The van der Waals surface area contributed by atoms with Crippen LogP contribution < -0.4 is 15.8 Å². The maximum absolute atomic E-state index is 11.8. The zero-order chi connectivity index (χ0) is 16.8. The monoisotopic (exact) mass is 319 g/mol. The summed E-state index contributed by atoms with van der Waals surface area (Å²) in [4.78, 5) is 24.7. The highest BCUT2D eigenvalue weighted by Gasteiger charge is 2.27. The van der Waals surface area contributed by atoms with Gasteiger partial charge in [0.05, 0.1) is 13.2 Å². The molecule has 0 bridgehead atoms. The first kappa shape index (κ1) is 17.3. The summed E-state index contributed by atoms with van der Waals surface area (Å²) < 4.78 is 5.17. The summed E-state index contributed by atoms with van der Waals surface area (Å²) in [6.07, 6.45) is 3.13. The third kappa shape index (κ3) is 4.96. The van der Waals surface area contributed by atoms with Gasteiger partial charge in [-0.05, 0) is 62.9 Å². The lowest BCUT2D eigenvalue weighted by Crippen LogP contribution is -2.50. The van der Waals surface area contributed by atoms with E-state index >= 15 is 0 Å². The number of ether oxygens (including phenoxy) is 1. The number of amides is 3. The van der Waals surface area contributed by atoms with Gasteiger partial charge >= 0.3 is 6.03 Å². The number of benzene rings is 1. The van der Waals surface area contributed by atoms with Crippen molar-refractivity contribution in [3.63, 3.8) is 0 Å². The number of carbonyl (C=O) groups is 2. The third-order valence-corrected chi connectivity index (χ3v) is 4.51. The molecule has 1 aliphatic heterocycles. The third-order valence-electron chi connectivity index (χ3n) is 4.51. The van der Waals surface area contributed by atoms with Gasteiger partial charge in [-0.15, -0.1) is 0 Å². The van der Waals surface area contributed by atoms with Crippen molar-refractivity contribution < 1.29 is 14.3 Å². The predicted molar refractivity (Wildman–Crippen MR) is 88.2 cm³/mol. The van der Waals surface area contributed by atoms with Crippen LogP contribution in [0.5, 0.6) is 5.75 Å². The Morgan fingerprint density at radius 3 is 2.43 bits per heavy atom. The van der Waals surface area contributed by atoms with Crippen molar-refractivity contribution in [3.05, 3.63) is 29.8 Å². The Hall–Kier alpha value is -2.08. The molecule has 0 radical (unpaired) electrons. The van der Waals surface area contributed by atoms with Crippen molar-refractivity contribution in [1.29, 1.82) is 0 Å². The number of nitrogens with zero attached hydrogens (tertiary/aromatic N) is 1. The maximum Gasteiger partial charge on any atom is 0.318 e. The fraction of sp³-hybridized carbons (Fsp3) is 0.529. The lowest BCUT2D eigenvalue weighted by molar-refractivity contribution is -0.125. The molecule has 0 aromatic heterocycles. The molecule has 126 valence electrons. The highest BCUT2D eigenvalue weighted by atomic mass is 16.5. The van der Waals surface area contributed by atoms with E-state index in [4.69, 9.17) is 10.5 Å². The normalized spacial score (nSPS) is 17.5. The van der Waals surface area contributed by atoms with E-state index in [2.05, 4.69) is 22.3 Å². The Labute approximate surface area is 137 Å². The molecular formula is C17H25N3O3. The van der Waals surface area contributed by atoms with Gasteiger partial charge in [0, 0.05) is 0 Å². The second-order valence-corrected chi connectivity index (χ2v) is 6.06. The average molecular weight is 319 g/mol. The highest BCUT2D eigenvalue weighted by molar-refractivity contribution is 5.96. The molecule has 0 saturated carbocycles. The molecule has 1 aromatic carbocycles. The topological polar surface area (TPSA) is 84.7 Å². The summed E-state index contributed by atoms with van der Waals surface area (Å²) in [5, 5.41) is 2.15. The summed E-state index contributed by atoms with van der Waals surface area (Å²) in [5.74, 6) is 1.16. The Bertz CT molecular complexity index is 537. The number of nitrogens with two attached hydrogens (primary N) is 1. The fourth-order valence-electron chi connectivity index (χ4n) is 3.03. The van der Waals surface area contributed by atoms with Crippen LogP contribution in [0.4, 0.5) is 4.79 Å². The van der Waals surface area contributed by atoms with E-state index in [-0.39, 0.29) is 11.9 Å². The summed E-state index contributed by atoms with van der Waals surface area (Å²) in [6, 6.07) is 7.06. The number of primary amides is 1. The molecule has 6 nitrogen and oxygen atoms in total. The van der Waals surface area contributed by atoms with Gasteiger partial charge in [-0.25, -0.2) is 4.79 Å². The molecule has 2 rings (SSSR count). The Morgan fingerprint density at radius 1 is 1.30 bits per heavy atom. The van der Waals surface area contributed by atoms with Crippen molar-refractivity contribution in [2.75, 3.05) is 20.2 Å². The van der Waals surface area contributed by atoms with Crippen LogP contribution in [0.25, 0.3) is 0 Å². The second-order valence-electron chi connectivity index (χ2n) is 6.06. The van der Waals surface area contributed by atoms with Crippen LogP contribution in [0.15, 0.2) is 24.3 Å². The van der Waals surface area contributed by atoms with Gasteiger partial charge in [-0.2, -0.15) is 0 Å². The van der Waals surface area contributed by atoms with E-state index in [1.165, 1.54) is 5.56 Å². The Kier molecular flexibility index (Phi) is 5.98. The molecule has 23 heavy (non-hydrogen) atoms. The molecule has 1 fully saturated rings. The molecule has 1 aliphatic rings. The van der Waals surface area contributed by atoms with Crippen molar-refractivity contribution in [1.82, 2.24) is 10.2 Å². The van der Waals surface area contributed by atoms with Crippen molar-refractivity contribution in [3.8, 4) is 5.75 Å². The number of imide groups is 1. The lowest BCUT2D eigenvalue weighted by Gasteiger charge is -2.35. The zero-order valence-electron chi connectivity index (χ0n) is 13.7. The Morgan fingerprint density at radius 2 is 1.91 bits per heavy atom. The van der Waals surface area contributed by atoms with Gasteiger partial charge in [0.1, 0.15) is 5.75 Å². The van der Waals surface area contributed by atoms with Gasteiger partial charge in [-0.3, -0.25) is 15.0 Å². The number of urea groups is 1. The van der Waals surface area contributed by atoms with Crippen LogP contribution in [-0.4, -0.2) is 43.1 Å². The molecule has 3 N–H and O–H groups in total. The van der Waals surface area contributed by atoms with Crippen LogP contribution in [0.2, 0.25) is 0 Å². The first-order valence-electron chi connectivity index (χ1n) is 7.97.